The van der Waals surface area contributed by atoms with E-state index in [1.807, 2.05) is 31.2 Å². The maximum Gasteiger partial charge on any atom is 0.179 e. The molecular formula is C17H16BrNO2S. The molecule has 0 aliphatic rings. The third-order valence-corrected chi connectivity index (χ3v) is 5.84. The summed E-state index contributed by atoms with van der Waals surface area (Å²) in [5, 5.41) is 9.00. The Morgan fingerprint density at radius 1 is 1.09 bits per heavy atom. The summed E-state index contributed by atoms with van der Waals surface area (Å²) in [6.07, 6.45) is 0.173. The molecule has 2 rings (SSSR count). The van der Waals surface area contributed by atoms with Gasteiger partial charge in [-0.15, -0.1) is 0 Å². The number of benzene rings is 2. The summed E-state index contributed by atoms with van der Waals surface area (Å²) in [5.74, 6) is -0.393. The Bertz CT molecular complexity index is 775. The van der Waals surface area contributed by atoms with E-state index < -0.39 is 9.84 Å². The number of nitrogens with zero attached hydrogens (tertiary/aromatic N) is 1. The zero-order chi connectivity index (χ0) is 16.2. The van der Waals surface area contributed by atoms with Crippen LogP contribution in [0.3, 0.4) is 0 Å². The predicted molar refractivity (Wildman–Crippen MR) is 90.3 cm³/mol. The van der Waals surface area contributed by atoms with Gasteiger partial charge in [0.1, 0.15) is 0 Å². The zero-order valence-corrected chi connectivity index (χ0v) is 14.6. The summed E-state index contributed by atoms with van der Waals surface area (Å²) in [6.45, 7) is 1.91. The van der Waals surface area contributed by atoms with Gasteiger partial charge in [0.05, 0.1) is 16.7 Å². The van der Waals surface area contributed by atoms with Crippen molar-refractivity contribution in [2.45, 2.75) is 24.2 Å². The molecule has 0 spiro atoms. The van der Waals surface area contributed by atoms with Crippen LogP contribution in [0.4, 0.5) is 0 Å². The fourth-order valence-corrected chi connectivity index (χ4v) is 4.07. The molecule has 0 bridgehead atoms. The van der Waals surface area contributed by atoms with Crippen LogP contribution in [0, 0.1) is 18.3 Å². The third-order valence-electron chi connectivity index (χ3n) is 3.48. The lowest BCUT2D eigenvalue weighted by atomic mass is 9.98. The molecule has 0 aliphatic heterocycles. The van der Waals surface area contributed by atoms with Crippen molar-refractivity contribution < 1.29 is 8.42 Å². The fourth-order valence-electron chi connectivity index (χ4n) is 2.22. The maximum atomic E-state index is 12.6. The minimum atomic E-state index is -3.42. The van der Waals surface area contributed by atoms with Crippen LogP contribution in [-0.2, 0) is 9.84 Å². The molecule has 2 aromatic carbocycles. The Morgan fingerprint density at radius 3 is 2.23 bits per heavy atom. The molecule has 5 heteroatoms. The quantitative estimate of drug-likeness (QED) is 0.783. The fraction of sp³-hybridized carbons (Fsp3) is 0.235. The molecule has 0 N–H and O–H groups in total. The van der Waals surface area contributed by atoms with E-state index in [1.54, 1.807) is 24.3 Å². The molecule has 0 radical (unpaired) electrons. The molecule has 0 saturated heterocycles. The third kappa shape index (κ3) is 4.19. The van der Waals surface area contributed by atoms with Crippen LogP contribution in [0.15, 0.2) is 57.9 Å². The number of aryl methyl sites for hydroxylation is 1. The smallest absolute Gasteiger partial charge is 0.179 e. The molecule has 0 amide bonds. The van der Waals surface area contributed by atoms with Crippen molar-refractivity contribution >= 4 is 25.8 Å². The average molecular weight is 378 g/mol. The molecule has 2 aromatic rings. The van der Waals surface area contributed by atoms with E-state index >= 15 is 0 Å². The first-order chi connectivity index (χ1) is 10.4. The standard InChI is InChI=1S/C17H16BrNO2S/c1-13-2-8-17(9-3-13)22(20,21)12-15(10-11-19)14-4-6-16(18)7-5-14/h2-9,15H,10,12H2,1H3. The maximum absolute atomic E-state index is 12.6. The molecule has 0 heterocycles. The Morgan fingerprint density at radius 2 is 1.68 bits per heavy atom. The monoisotopic (exact) mass is 377 g/mol. The lowest BCUT2D eigenvalue weighted by Gasteiger charge is -2.15. The van der Waals surface area contributed by atoms with E-state index in [1.165, 1.54) is 0 Å². The Balaban J connectivity index is 2.29. The van der Waals surface area contributed by atoms with Crippen molar-refractivity contribution in [3.63, 3.8) is 0 Å². The molecule has 1 atom stereocenters. The first-order valence-corrected chi connectivity index (χ1v) is 9.29. The normalized spacial score (nSPS) is 12.6. The molecule has 0 aromatic heterocycles. The Kier molecular flexibility index (Phi) is 5.38. The molecule has 3 nitrogen and oxygen atoms in total. The van der Waals surface area contributed by atoms with Crippen LogP contribution in [0.5, 0.6) is 0 Å². The van der Waals surface area contributed by atoms with Gasteiger partial charge < -0.3 is 0 Å². The van der Waals surface area contributed by atoms with Crippen LogP contribution < -0.4 is 0 Å². The summed E-state index contributed by atoms with van der Waals surface area (Å²) in [7, 11) is -3.42. The second-order valence-corrected chi connectivity index (χ2v) is 8.16. The molecule has 114 valence electrons. The highest BCUT2D eigenvalue weighted by atomic mass is 79.9. The van der Waals surface area contributed by atoms with Gasteiger partial charge in [0.25, 0.3) is 0 Å². The minimum Gasteiger partial charge on any atom is -0.224 e. The topological polar surface area (TPSA) is 57.9 Å². The van der Waals surface area contributed by atoms with Crippen LogP contribution in [0.25, 0.3) is 0 Å². The molecule has 1 unspecified atom stereocenters. The van der Waals surface area contributed by atoms with E-state index in [9.17, 15) is 8.42 Å². The number of sulfone groups is 1. The van der Waals surface area contributed by atoms with E-state index in [2.05, 4.69) is 22.0 Å². The number of hydrogen-bond acceptors (Lipinski definition) is 3. The van der Waals surface area contributed by atoms with Crippen molar-refractivity contribution in [3.05, 3.63) is 64.1 Å². The number of rotatable bonds is 5. The van der Waals surface area contributed by atoms with Gasteiger partial charge in [-0.1, -0.05) is 45.8 Å². The molecule has 0 aliphatic carbocycles. The highest BCUT2D eigenvalue weighted by Crippen LogP contribution is 2.26. The predicted octanol–water partition coefficient (Wildman–Crippen LogP) is 4.23. The van der Waals surface area contributed by atoms with Crippen molar-refractivity contribution in [3.8, 4) is 6.07 Å². The lowest BCUT2D eigenvalue weighted by Crippen LogP contribution is -2.15. The van der Waals surface area contributed by atoms with Crippen molar-refractivity contribution in [2.24, 2.45) is 0 Å². The van der Waals surface area contributed by atoms with Crippen molar-refractivity contribution in [1.29, 1.82) is 5.26 Å². The molecule has 22 heavy (non-hydrogen) atoms. The average Bonchev–Trinajstić information content (AvgIpc) is 2.48. The summed E-state index contributed by atoms with van der Waals surface area (Å²) >= 11 is 3.36. The van der Waals surface area contributed by atoms with E-state index in [-0.39, 0.29) is 18.1 Å². The van der Waals surface area contributed by atoms with Crippen LogP contribution in [-0.4, -0.2) is 14.2 Å². The minimum absolute atomic E-state index is 0.0642. The van der Waals surface area contributed by atoms with Gasteiger partial charge in [0.15, 0.2) is 9.84 Å². The Hall–Kier alpha value is -1.64. The molecular weight excluding hydrogens is 362 g/mol. The summed E-state index contributed by atoms with van der Waals surface area (Å²) < 4.78 is 26.0. The van der Waals surface area contributed by atoms with E-state index in [0.717, 1.165) is 15.6 Å². The number of nitriles is 1. The Labute approximate surface area is 139 Å². The van der Waals surface area contributed by atoms with E-state index in [0.29, 0.717) is 4.90 Å². The molecule has 0 saturated carbocycles. The lowest BCUT2D eigenvalue weighted by molar-refractivity contribution is 0.588. The van der Waals surface area contributed by atoms with Gasteiger partial charge in [-0.3, -0.25) is 0 Å². The number of hydrogen-bond donors (Lipinski definition) is 0. The first kappa shape index (κ1) is 16.7. The van der Waals surface area contributed by atoms with Gasteiger partial charge in [0, 0.05) is 16.8 Å². The largest absolute Gasteiger partial charge is 0.224 e. The zero-order valence-electron chi connectivity index (χ0n) is 12.2. The number of halogens is 1. The van der Waals surface area contributed by atoms with Gasteiger partial charge in [-0.25, -0.2) is 8.42 Å². The summed E-state index contributed by atoms with van der Waals surface area (Å²) in [5.41, 5.74) is 1.88. The van der Waals surface area contributed by atoms with Crippen molar-refractivity contribution in [1.82, 2.24) is 0 Å². The van der Waals surface area contributed by atoms with Gasteiger partial charge >= 0.3 is 0 Å². The van der Waals surface area contributed by atoms with Gasteiger partial charge in [0.2, 0.25) is 0 Å². The molecule has 0 fully saturated rings. The summed E-state index contributed by atoms with van der Waals surface area (Å²) in [4.78, 5) is 0.304. The highest BCUT2D eigenvalue weighted by Gasteiger charge is 2.22. The van der Waals surface area contributed by atoms with Gasteiger partial charge in [-0.2, -0.15) is 5.26 Å². The van der Waals surface area contributed by atoms with Crippen LogP contribution >= 0.6 is 15.9 Å². The highest BCUT2D eigenvalue weighted by molar-refractivity contribution is 9.10. The van der Waals surface area contributed by atoms with Crippen LogP contribution in [0.2, 0.25) is 0 Å². The van der Waals surface area contributed by atoms with Crippen molar-refractivity contribution in [2.75, 3.05) is 5.75 Å². The van der Waals surface area contributed by atoms with E-state index in [4.69, 9.17) is 5.26 Å². The second-order valence-electron chi connectivity index (χ2n) is 5.21. The van der Waals surface area contributed by atoms with Crippen LogP contribution in [0.1, 0.15) is 23.5 Å². The van der Waals surface area contributed by atoms with Gasteiger partial charge in [-0.05, 0) is 36.8 Å². The first-order valence-electron chi connectivity index (χ1n) is 6.84. The second kappa shape index (κ2) is 7.08. The summed E-state index contributed by atoms with van der Waals surface area (Å²) in [6, 6.07) is 16.3. The SMILES string of the molecule is Cc1ccc(S(=O)(=O)CC(CC#N)c2ccc(Br)cc2)cc1.